The molecule has 2 unspecified atom stereocenters. The number of pyridine rings is 1. The van der Waals surface area contributed by atoms with E-state index < -0.39 is 17.8 Å². The van der Waals surface area contributed by atoms with E-state index in [0.29, 0.717) is 16.6 Å². The van der Waals surface area contributed by atoms with Crippen LogP contribution >= 0.6 is 0 Å². The predicted molar refractivity (Wildman–Crippen MR) is 93.7 cm³/mol. The number of hydrogen-bond acceptors (Lipinski definition) is 3. The molecule has 0 amide bonds. The summed E-state index contributed by atoms with van der Waals surface area (Å²) in [6.45, 7) is 3.02. The number of aliphatic hydroxyl groups is 1. The van der Waals surface area contributed by atoms with Crippen molar-refractivity contribution in [3.8, 4) is 0 Å². The number of hydrogen-bond donors (Lipinski definition) is 3. The topological polar surface area (TPSA) is 65.1 Å². The molecule has 2 aromatic carbocycles. The molecule has 0 aliphatic heterocycles. The number of fused-ring (bicyclic) bond motifs is 1. The number of H-pyrrole nitrogens is 1. The number of rotatable bonds is 4. The Morgan fingerprint density at radius 2 is 1.67 bits per heavy atom. The molecule has 1 aromatic heterocycles. The Hall–Kier alpha value is -2.14. The van der Waals surface area contributed by atoms with Crippen LogP contribution in [0.1, 0.15) is 11.6 Å². The van der Waals surface area contributed by atoms with E-state index in [-0.39, 0.29) is 31.5 Å². The maximum atomic E-state index is 13.4. The van der Waals surface area contributed by atoms with Crippen LogP contribution in [0.25, 0.3) is 10.9 Å². The van der Waals surface area contributed by atoms with E-state index >= 15 is 0 Å². The van der Waals surface area contributed by atoms with Gasteiger partial charge in [0, 0.05) is 37.6 Å². The zero-order valence-electron chi connectivity index (χ0n) is 13.9. The molecular weight excluding hydrogens is 531 g/mol. The normalized spacial score (nSPS) is 14.9. The van der Waals surface area contributed by atoms with Gasteiger partial charge in [0.05, 0.1) is 17.2 Å². The number of nitrogens with one attached hydrogen (secondary N) is 2. The molecule has 2 atom stereocenters. The van der Waals surface area contributed by atoms with Crippen LogP contribution < -0.4 is 10.9 Å². The molecule has 3 N–H and O–H groups in total. The van der Waals surface area contributed by atoms with Gasteiger partial charge in [0.1, 0.15) is 0 Å². The van der Waals surface area contributed by atoms with Gasteiger partial charge in [-0.1, -0.05) is 36.4 Å². The van der Waals surface area contributed by atoms with Crippen molar-refractivity contribution in [2.75, 3.05) is 5.32 Å². The molecule has 1 heterocycles. The van der Waals surface area contributed by atoms with E-state index in [9.17, 15) is 23.1 Å². The second-order valence-electron chi connectivity index (χ2n) is 6.00. The van der Waals surface area contributed by atoms with Crippen LogP contribution in [0.5, 0.6) is 0 Å². The van der Waals surface area contributed by atoms with Crippen molar-refractivity contribution in [3.63, 3.8) is 0 Å². The minimum Gasteiger partial charge on any atom is -0.411 e. The van der Waals surface area contributed by atoms with E-state index in [4.69, 9.17) is 0 Å². The summed E-state index contributed by atoms with van der Waals surface area (Å²) in [6, 6.07) is 13.8. The van der Waals surface area contributed by atoms with Crippen LogP contribution in [0.4, 0.5) is 18.9 Å². The third-order valence-electron chi connectivity index (χ3n) is 4.17. The molecule has 0 saturated heterocycles. The number of anilines is 1. The Bertz CT molecular complexity index is 972. The third kappa shape index (κ3) is 4.24. The van der Waals surface area contributed by atoms with Crippen molar-refractivity contribution in [1.82, 2.24) is 4.98 Å². The molecule has 1 radical (unpaired) electrons. The molecule has 0 saturated carbocycles. The minimum atomic E-state index is -4.96. The standard InChI is InChI=1S/C19H16F3N2O2.Re/c1-18(26,19(20,21)22)17(12-6-3-2-4-7-12)24-15-9-5-8-14-13(15)10-11-16(25)23-14;/h2-11,17,24,26H,1H2,(H,23,25);/q-1;. The van der Waals surface area contributed by atoms with Gasteiger partial charge in [-0.15, -0.1) is 0 Å². The largest absolute Gasteiger partial charge is 0.411 e. The van der Waals surface area contributed by atoms with Gasteiger partial charge >= 0.3 is 6.18 Å². The van der Waals surface area contributed by atoms with Crippen molar-refractivity contribution < 1.29 is 38.7 Å². The Morgan fingerprint density at radius 3 is 2.30 bits per heavy atom. The molecule has 0 spiro atoms. The van der Waals surface area contributed by atoms with Crippen LogP contribution in [0.3, 0.4) is 0 Å². The van der Waals surface area contributed by atoms with Crippen molar-refractivity contribution >= 4 is 16.6 Å². The van der Waals surface area contributed by atoms with E-state index in [1.807, 2.05) is 0 Å². The summed E-state index contributed by atoms with van der Waals surface area (Å²) in [5, 5.41) is 13.5. The van der Waals surface area contributed by atoms with Crippen LogP contribution in [0.2, 0.25) is 0 Å². The van der Waals surface area contributed by atoms with Crippen molar-refractivity contribution in [1.29, 1.82) is 0 Å². The summed E-state index contributed by atoms with van der Waals surface area (Å²) < 4.78 is 40.3. The van der Waals surface area contributed by atoms with Gasteiger partial charge in [-0.2, -0.15) is 13.2 Å². The second kappa shape index (κ2) is 7.85. The molecule has 0 aliphatic rings. The first-order valence-corrected chi connectivity index (χ1v) is 7.78. The van der Waals surface area contributed by atoms with Crippen LogP contribution in [-0.4, -0.2) is 21.9 Å². The maximum Gasteiger partial charge on any atom is 0.391 e. The van der Waals surface area contributed by atoms with Gasteiger partial charge in [-0.3, -0.25) is 4.79 Å². The molecule has 0 bridgehead atoms. The van der Waals surface area contributed by atoms with Crippen molar-refractivity contribution in [3.05, 3.63) is 83.5 Å². The summed E-state index contributed by atoms with van der Waals surface area (Å²) in [6.07, 6.45) is -4.96. The Labute approximate surface area is 167 Å². The minimum absolute atomic E-state index is 0. The first-order valence-electron chi connectivity index (χ1n) is 7.78. The summed E-state index contributed by atoms with van der Waals surface area (Å²) in [4.78, 5) is 14.1. The zero-order valence-corrected chi connectivity index (χ0v) is 16.6. The summed E-state index contributed by atoms with van der Waals surface area (Å²) in [5.74, 6) is 0. The Morgan fingerprint density at radius 1 is 1.00 bits per heavy atom. The summed E-state index contributed by atoms with van der Waals surface area (Å²) in [5.41, 5.74) is -2.56. The van der Waals surface area contributed by atoms with Gasteiger partial charge in [0.15, 0.2) is 0 Å². The molecule has 0 aliphatic carbocycles. The molecule has 3 aromatic rings. The fourth-order valence-corrected chi connectivity index (χ4v) is 2.76. The average Bonchev–Trinajstić information content (AvgIpc) is 2.59. The molecule has 3 rings (SSSR count). The Balaban J connectivity index is 0.00000261. The van der Waals surface area contributed by atoms with Crippen LogP contribution in [0, 0.1) is 6.92 Å². The maximum absolute atomic E-state index is 13.4. The summed E-state index contributed by atoms with van der Waals surface area (Å²) >= 11 is 0. The fourth-order valence-electron chi connectivity index (χ4n) is 2.76. The van der Waals surface area contributed by atoms with E-state index in [0.717, 1.165) is 0 Å². The first-order chi connectivity index (χ1) is 12.2. The van der Waals surface area contributed by atoms with Crippen LogP contribution in [0.15, 0.2) is 65.5 Å². The molecule has 4 nitrogen and oxygen atoms in total. The van der Waals surface area contributed by atoms with Gasteiger partial charge in [-0.05, 0) is 23.8 Å². The van der Waals surface area contributed by atoms with Gasteiger partial charge < -0.3 is 22.3 Å². The first kappa shape index (κ1) is 21.2. The third-order valence-corrected chi connectivity index (χ3v) is 4.17. The smallest absolute Gasteiger partial charge is 0.391 e. The SMILES string of the molecule is [CH2-]C(O)(C(Nc1cccc2[nH]c(=O)ccc12)c1ccccc1)C(F)(F)F.[Re]. The summed E-state index contributed by atoms with van der Waals surface area (Å²) in [7, 11) is 0. The molecular formula is C19H16F3N2O2Re-. The average molecular weight is 548 g/mol. The number of aromatic nitrogens is 1. The Kier molecular flexibility index (Phi) is 6.15. The fraction of sp³-hybridized carbons (Fsp3) is 0.158. The number of halogens is 3. The predicted octanol–water partition coefficient (Wildman–Crippen LogP) is 3.81. The monoisotopic (exact) mass is 548 g/mol. The second-order valence-corrected chi connectivity index (χ2v) is 6.00. The quantitative estimate of drug-likeness (QED) is 0.436. The number of benzene rings is 2. The van der Waals surface area contributed by atoms with E-state index in [1.54, 1.807) is 36.4 Å². The van der Waals surface area contributed by atoms with Crippen LogP contribution in [-0.2, 0) is 20.4 Å². The van der Waals surface area contributed by atoms with E-state index in [2.05, 4.69) is 17.2 Å². The molecule has 143 valence electrons. The zero-order chi connectivity index (χ0) is 18.9. The van der Waals surface area contributed by atoms with Gasteiger partial charge in [0.25, 0.3) is 0 Å². The van der Waals surface area contributed by atoms with Gasteiger partial charge in [0.2, 0.25) is 5.56 Å². The molecule has 0 fully saturated rings. The van der Waals surface area contributed by atoms with Crippen molar-refractivity contribution in [2.24, 2.45) is 0 Å². The number of aromatic amines is 1. The molecule has 27 heavy (non-hydrogen) atoms. The van der Waals surface area contributed by atoms with Gasteiger partial charge in [-0.25, -0.2) is 0 Å². The van der Waals surface area contributed by atoms with E-state index in [1.165, 1.54) is 24.3 Å². The molecule has 8 heteroatoms. The van der Waals surface area contributed by atoms with Crippen molar-refractivity contribution in [2.45, 2.75) is 17.8 Å². The number of alkyl halides is 3.